The third-order valence-electron chi connectivity index (χ3n) is 3.82. The summed E-state index contributed by atoms with van der Waals surface area (Å²) in [5, 5.41) is 3.00. The number of anilines is 1. The maximum Gasteiger partial charge on any atom is 0.238 e. The highest BCUT2D eigenvalue weighted by Gasteiger charge is 2.28. The van der Waals surface area contributed by atoms with Crippen molar-refractivity contribution in [1.82, 2.24) is 0 Å². The van der Waals surface area contributed by atoms with Crippen molar-refractivity contribution in [2.75, 3.05) is 5.32 Å². The summed E-state index contributed by atoms with van der Waals surface area (Å²) >= 11 is 1.67. The summed E-state index contributed by atoms with van der Waals surface area (Å²) < 4.78 is 0. The van der Waals surface area contributed by atoms with Crippen molar-refractivity contribution in [3.05, 3.63) is 59.2 Å². The van der Waals surface area contributed by atoms with Crippen LogP contribution >= 0.6 is 11.8 Å². The number of aryl methyl sites for hydroxylation is 2. The van der Waals surface area contributed by atoms with Gasteiger partial charge in [0.15, 0.2) is 0 Å². The molecule has 2 aromatic rings. The molecule has 0 aliphatic carbocycles. The zero-order chi connectivity index (χ0) is 14.8. The fourth-order valence-electron chi connectivity index (χ4n) is 2.53. The van der Waals surface area contributed by atoms with Gasteiger partial charge in [-0.05, 0) is 49.1 Å². The summed E-state index contributed by atoms with van der Waals surface area (Å²) in [4.78, 5) is 13.6. The number of rotatable bonds is 3. The van der Waals surface area contributed by atoms with Gasteiger partial charge in [0.25, 0.3) is 0 Å². The zero-order valence-corrected chi connectivity index (χ0v) is 13.2. The normalized spacial score (nSPS) is 16.6. The lowest BCUT2D eigenvalue weighted by Gasteiger charge is -2.10. The van der Waals surface area contributed by atoms with E-state index in [0.29, 0.717) is 0 Å². The minimum absolute atomic E-state index is 0.0207. The number of carbonyl (C=O) groups is 1. The van der Waals surface area contributed by atoms with Crippen molar-refractivity contribution >= 4 is 23.4 Å². The number of amides is 1. The molecule has 1 atom stereocenters. The van der Waals surface area contributed by atoms with Crippen LogP contribution in [0, 0.1) is 6.92 Å². The van der Waals surface area contributed by atoms with Gasteiger partial charge in [0.1, 0.15) is 0 Å². The van der Waals surface area contributed by atoms with Crippen molar-refractivity contribution < 1.29 is 4.79 Å². The van der Waals surface area contributed by atoms with E-state index in [9.17, 15) is 4.79 Å². The Labute approximate surface area is 130 Å². The number of thioether (sulfide) groups is 1. The van der Waals surface area contributed by atoms with Gasteiger partial charge in [0.2, 0.25) is 5.91 Å². The first-order valence-corrected chi connectivity index (χ1v) is 8.19. The molecule has 0 unspecified atom stereocenters. The molecule has 2 aromatic carbocycles. The summed E-state index contributed by atoms with van der Waals surface area (Å²) in [7, 11) is 0. The third-order valence-corrected chi connectivity index (χ3v) is 5.12. The molecule has 1 heterocycles. The lowest BCUT2D eigenvalue weighted by atomic mass is 10.1. The molecule has 3 heteroatoms. The minimum Gasteiger partial charge on any atom is -0.325 e. The first-order valence-electron chi connectivity index (χ1n) is 7.31. The van der Waals surface area contributed by atoms with Gasteiger partial charge in [-0.2, -0.15) is 0 Å². The molecule has 0 bridgehead atoms. The highest BCUT2D eigenvalue weighted by Crippen LogP contribution is 2.38. The van der Waals surface area contributed by atoms with E-state index in [0.717, 1.165) is 18.5 Å². The fourth-order valence-corrected chi connectivity index (χ4v) is 3.82. The van der Waals surface area contributed by atoms with E-state index >= 15 is 0 Å². The summed E-state index contributed by atoms with van der Waals surface area (Å²) in [5.74, 6) is 0.0955. The van der Waals surface area contributed by atoms with E-state index < -0.39 is 0 Å². The van der Waals surface area contributed by atoms with Gasteiger partial charge in [-0.15, -0.1) is 11.8 Å². The maximum absolute atomic E-state index is 12.4. The Balaban J connectivity index is 1.67. The largest absolute Gasteiger partial charge is 0.325 e. The molecule has 108 valence electrons. The number of hydrogen-bond acceptors (Lipinski definition) is 2. The van der Waals surface area contributed by atoms with E-state index in [1.54, 1.807) is 11.8 Å². The van der Waals surface area contributed by atoms with Gasteiger partial charge >= 0.3 is 0 Å². The number of fused-ring (bicyclic) bond motifs is 1. The molecule has 3 rings (SSSR count). The molecule has 2 nitrogen and oxygen atoms in total. The van der Waals surface area contributed by atoms with E-state index in [4.69, 9.17) is 0 Å². The first kappa shape index (κ1) is 14.2. The Morgan fingerprint density at radius 2 is 2.00 bits per heavy atom. The molecular formula is C18H19NOS. The molecule has 1 N–H and O–H groups in total. The van der Waals surface area contributed by atoms with Gasteiger partial charge in [0.05, 0.1) is 5.25 Å². The second-order valence-electron chi connectivity index (χ2n) is 5.46. The number of hydrogen-bond donors (Lipinski definition) is 1. The van der Waals surface area contributed by atoms with Crippen molar-refractivity contribution in [3.8, 4) is 0 Å². The van der Waals surface area contributed by atoms with Crippen LogP contribution in [0.2, 0.25) is 0 Å². The minimum atomic E-state index is -0.0207. The fraction of sp³-hybridized carbons (Fsp3) is 0.278. The molecule has 1 amide bonds. The second-order valence-corrected chi connectivity index (χ2v) is 6.71. The van der Waals surface area contributed by atoms with E-state index in [1.165, 1.54) is 21.6 Å². The average molecular weight is 297 g/mol. The summed E-state index contributed by atoms with van der Waals surface area (Å²) in [6.07, 6.45) is 1.83. The second kappa shape index (κ2) is 5.94. The number of nitrogens with one attached hydrogen (secondary N) is 1. The lowest BCUT2D eigenvalue weighted by Crippen LogP contribution is -2.24. The van der Waals surface area contributed by atoms with Crippen molar-refractivity contribution in [2.24, 2.45) is 0 Å². The summed E-state index contributed by atoms with van der Waals surface area (Å²) in [6.45, 7) is 4.21. The molecule has 0 spiro atoms. The van der Waals surface area contributed by atoms with Crippen LogP contribution in [0.25, 0.3) is 0 Å². The molecule has 0 saturated heterocycles. The highest BCUT2D eigenvalue weighted by molar-refractivity contribution is 8.01. The predicted molar refractivity (Wildman–Crippen MR) is 89.0 cm³/mol. The van der Waals surface area contributed by atoms with Crippen molar-refractivity contribution in [3.63, 3.8) is 0 Å². The molecule has 21 heavy (non-hydrogen) atoms. The van der Waals surface area contributed by atoms with E-state index in [2.05, 4.69) is 49.5 Å². The van der Waals surface area contributed by atoms with E-state index in [1.807, 2.05) is 12.1 Å². The van der Waals surface area contributed by atoms with Gasteiger partial charge < -0.3 is 5.32 Å². The molecule has 0 saturated carbocycles. The zero-order valence-electron chi connectivity index (χ0n) is 12.3. The van der Waals surface area contributed by atoms with Crippen LogP contribution in [0.5, 0.6) is 0 Å². The molecule has 1 aliphatic heterocycles. The van der Waals surface area contributed by atoms with Gasteiger partial charge in [-0.25, -0.2) is 0 Å². The quantitative estimate of drug-likeness (QED) is 0.919. The maximum atomic E-state index is 12.4. The Bertz CT molecular complexity index is 663. The van der Waals surface area contributed by atoms with Crippen LogP contribution in [-0.4, -0.2) is 11.2 Å². The topological polar surface area (TPSA) is 29.1 Å². The Hall–Kier alpha value is -1.74. The molecule has 0 fully saturated rings. The van der Waals surface area contributed by atoms with Crippen LogP contribution in [0.3, 0.4) is 0 Å². The van der Waals surface area contributed by atoms with Gasteiger partial charge in [-0.1, -0.05) is 36.8 Å². The van der Waals surface area contributed by atoms with Crippen LogP contribution in [0.1, 0.15) is 23.6 Å². The van der Waals surface area contributed by atoms with Crippen LogP contribution in [0.4, 0.5) is 5.69 Å². The SMILES string of the molecule is CCc1ccc(NC(=O)[C@@H]2Cc3ccc(C)cc3S2)cc1. The number of carbonyl (C=O) groups excluding carboxylic acids is 1. The van der Waals surface area contributed by atoms with Gasteiger partial charge in [-0.3, -0.25) is 4.79 Å². The van der Waals surface area contributed by atoms with Crippen molar-refractivity contribution in [1.29, 1.82) is 0 Å². The first-order chi connectivity index (χ1) is 10.2. The monoisotopic (exact) mass is 297 g/mol. The summed E-state index contributed by atoms with van der Waals surface area (Å²) in [6, 6.07) is 14.5. The average Bonchev–Trinajstić information content (AvgIpc) is 2.91. The number of benzene rings is 2. The third kappa shape index (κ3) is 3.13. The smallest absolute Gasteiger partial charge is 0.238 e. The van der Waals surface area contributed by atoms with Crippen LogP contribution < -0.4 is 5.32 Å². The Morgan fingerprint density at radius 3 is 2.71 bits per heavy atom. The molecule has 0 aromatic heterocycles. The molecule has 0 radical (unpaired) electrons. The highest BCUT2D eigenvalue weighted by atomic mass is 32.2. The predicted octanol–water partition coefficient (Wildman–Crippen LogP) is 4.21. The standard InChI is InChI=1S/C18H19NOS/c1-3-13-5-8-15(9-6-13)19-18(20)17-11-14-7-4-12(2)10-16(14)21-17/h4-10,17H,3,11H2,1-2H3,(H,19,20)/t17-/m0/s1. The van der Waals surface area contributed by atoms with Crippen LogP contribution in [-0.2, 0) is 17.6 Å². The van der Waals surface area contributed by atoms with E-state index in [-0.39, 0.29) is 11.2 Å². The molecular weight excluding hydrogens is 278 g/mol. The lowest BCUT2D eigenvalue weighted by molar-refractivity contribution is -0.115. The Kier molecular flexibility index (Phi) is 4.02. The van der Waals surface area contributed by atoms with Crippen LogP contribution in [0.15, 0.2) is 47.4 Å². The summed E-state index contributed by atoms with van der Waals surface area (Å²) in [5.41, 5.74) is 4.70. The Morgan fingerprint density at radius 1 is 1.24 bits per heavy atom. The van der Waals surface area contributed by atoms with Crippen molar-refractivity contribution in [2.45, 2.75) is 36.8 Å². The van der Waals surface area contributed by atoms with Gasteiger partial charge in [0, 0.05) is 10.6 Å². The molecule has 1 aliphatic rings.